The van der Waals surface area contributed by atoms with Crippen molar-refractivity contribution >= 4 is 17.6 Å². The zero-order valence-corrected chi connectivity index (χ0v) is 17.9. The number of hydrogen-bond acceptors (Lipinski definition) is 5. The van der Waals surface area contributed by atoms with Crippen molar-refractivity contribution in [3.05, 3.63) is 89.8 Å². The van der Waals surface area contributed by atoms with Crippen LogP contribution in [0.4, 0.5) is 5.82 Å². The number of rotatable bonds is 7. The molecular weight excluding hydrogens is 406 g/mol. The molecule has 1 N–H and O–H groups in total. The minimum Gasteiger partial charge on any atom is -0.360 e. The Balaban J connectivity index is 1.56. The van der Waals surface area contributed by atoms with Crippen LogP contribution in [0.15, 0.2) is 77.4 Å². The van der Waals surface area contributed by atoms with Gasteiger partial charge in [-0.3, -0.25) is 14.3 Å². The Kier molecular flexibility index (Phi) is 6.12. The van der Waals surface area contributed by atoms with Crippen LogP contribution in [0.5, 0.6) is 0 Å². The number of nitrogens with one attached hydrogen (secondary N) is 1. The third-order valence-corrected chi connectivity index (χ3v) is 4.85. The number of benzene rings is 2. The summed E-state index contributed by atoms with van der Waals surface area (Å²) < 4.78 is 6.69. The predicted molar refractivity (Wildman–Crippen MR) is 120 cm³/mol. The molecule has 8 nitrogen and oxygen atoms in total. The van der Waals surface area contributed by atoms with Gasteiger partial charge < -0.3 is 14.7 Å². The quantitative estimate of drug-likeness (QED) is 0.484. The van der Waals surface area contributed by atoms with Crippen molar-refractivity contribution in [2.45, 2.75) is 13.5 Å². The van der Waals surface area contributed by atoms with Gasteiger partial charge in [0.2, 0.25) is 5.91 Å². The van der Waals surface area contributed by atoms with E-state index in [1.165, 1.54) is 4.90 Å². The minimum atomic E-state index is -0.368. The highest BCUT2D eigenvalue weighted by molar-refractivity contribution is 6.02. The number of likely N-dealkylation sites (N-methyl/N-ethyl adjacent to an activating group) is 1. The average molecular weight is 429 g/mol. The van der Waals surface area contributed by atoms with Crippen LogP contribution in [0.2, 0.25) is 0 Å². The van der Waals surface area contributed by atoms with E-state index in [4.69, 9.17) is 4.52 Å². The van der Waals surface area contributed by atoms with E-state index in [1.54, 1.807) is 30.9 Å². The molecule has 0 bridgehead atoms. The summed E-state index contributed by atoms with van der Waals surface area (Å²) in [6.07, 6.45) is 1.73. The molecule has 0 aliphatic heterocycles. The molecule has 2 aromatic carbocycles. The van der Waals surface area contributed by atoms with Crippen molar-refractivity contribution in [3.63, 3.8) is 0 Å². The molecule has 32 heavy (non-hydrogen) atoms. The second kappa shape index (κ2) is 9.30. The largest absolute Gasteiger partial charge is 0.360 e. The van der Waals surface area contributed by atoms with Gasteiger partial charge in [0.15, 0.2) is 5.82 Å². The van der Waals surface area contributed by atoms with Crippen molar-refractivity contribution in [2.75, 3.05) is 18.9 Å². The summed E-state index contributed by atoms with van der Waals surface area (Å²) >= 11 is 0. The summed E-state index contributed by atoms with van der Waals surface area (Å²) in [6, 6.07) is 21.0. The summed E-state index contributed by atoms with van der Waals surface area (Å²) in [7, 11) is 1.58. The van der Waals surface area contributed by atoms with Crippen LogP contribution in [0.25, 0.3) is 11.3 Å². The Labute approximate surface area is 185 Å². The average Bonchev–Trinajstić information content (AvgIpc) is 3.40. The molecular formula is C24H23N5O3. The SMILES string of the molecule is Cc1cc(NC(=O)CN(C)C(=O)c2cn(Cc3ccccc3)nc2-c2ccccc2)no1. The fourth-order valence-corrected chi connectivity index (χ4v) is 3.34. The second-order valence-corrected chi connectivity index (χ2v) is 7.47. The molecule has 0 radical (unpaired) electrons. The third-order valence-electron chi connectivity index (χ3n) is 4.85. The van der Waals surface area contributed by atoms with E-state index in [1.807, 2.05) is 60.7 Å². The van der Waals surface area contributed by atoms with E-state index in [2.05, 4.69) is 15.6 Å². The van der Waals surface area contributed by atoms with Crippen LogP contribution in [0.1, 0.15) is 21.7 Å². The summed E-state index contributed by atoms with van der Waals surface area (Å²) in [5.41, 5.74) is 2.91. The zero-order chi connectivity index (χ0) is 22.5. The number of carbonyl (C=O) groups excluding carboxylic acids is 2. The lowest BCUT2D eigenvalue weighted by molar-refractivity contribution is -0.116. The van der Waals surface area contributed by atoms with Crippen LogP contribution < -0.4 is 5.32 Å². The van der Waals surface area contributed by atoms with E-state index in [0.717, 1.165) is 11.1 Å². The van der Waals surface area contributed by atoms with Crippen LogP contribution in [0.3, 0.4) is 0 Å². The monoisotopic (exact) mass is 429 g/mol. The summed E-state index contributed by atoms with van der Waals surface area (Å²) in [4.78, 5) is 27.0. The smallest absolute Gasteiger partial charge is 0.257 e. The van der Waals surface area contributed by atoms with Crippen molar-refractivity contribution < 1.29 is 14.1 Å². The molecule has 0 unspecified atom stereocenters. The molecule has 2 heterocycles. The minimum absolute atomic E-state index is 0.136. The number of aryl methyl sites for hydroxylation is 1. The second-order valence-electron chi connectivity index (χ2n) is 7.47. The van der Waals surface area contributed by atoms with Crippen molar-refractivity contribution in [2.24, 2.45) is 0 Å². The molecule has 0 spiro atoms. The molecule has 8 heteroatoms. The number of hydrogen-bond donors (Lipinski definition) is 1. The topological polar surface area (TPSA) is 93.3 Å². The lowest BCUT2D eigenvalue weighted by Gasteiger charge is -2.16. The van der Waals surface area contributed by atoms with Gasteiger partial charge in [-0.2, -0.15) is 5.10 Å². The normalized spacial score (nSPS) is 10.7. The Hall–Kier alpha value is -4.20. The maximum atomic E-state index is 13.3. The van der Waals surface area contributed by atoms with E-state index < -0.39 is 0 Å². The molecule has 2 aromatic heterocycles. The molecule has 0 saturated carbocycles. The highest BCUT2D eigenvalue weighted by atomic mass is 16.5. The highest BCUT2D eigenvalue weighted by Gasteiger charge is 2.23. The Morgan fingerprint density at radius 1 is 1.06 bits per heavy atom. The first-order valence-electron chi connectivity index (χ1n) is 10.1. The first kappa shape index (κ1) is 21.0. The Morgan fingerprint density at radius 2 is 1.75 bits per heavy atom. The fraction of sp³-hybridized carbons (Fsp3) is 0.167. The van der Waals surface area contributed by atoms with Gasteiger partial charge in [0, 0.05) is 24.9 Å². The summed E-state index contributed by atoms with van der Waals surface area (Å²) in [5, 5.41) is 11.0. The lowest BCUT2D eigenvalue weighted by Crippen LogP contribution is -2.35. The third kappa shape index (κ3) is 4.92. The van der Waals surface area contributed by atoms with Gasteiger partial charge in [-0.1, -0.05) is 65.8 Å². The number of aromatic nitrogens is 3. The highest BCUT2D eigenvalue weighted by Crippen LogP contribution is 2.23. The van der Waals surface area contributed by atoms with E-state index in [0.29, 0.717) is 29.4 Å². The van der Waals surface area contributed by atoms with Crippen LogP contribution >= 0.6 is 0 Å². The lowest BCUT2D eigenvalue weighted by atomic mass is 10.1. The number of carbonyl (C=O) groups is 2. The first-order chi connectivity index (χ1) is 15.5. The van der Waals surface area contributed by atoms with Gasteiger partial charge in [-0.25, -0.2) is 0 Å². The van der Waals surface area contributed by atoms with E-state index in [-0.39, 0.29) is 18.4 Å². The van der Waals surface area contributed by atoms with Crippen molar-refractivity contribution in [1.29, 1.82) is 0 Å². The Morgan fingerprint density at radius 3 is 2.41 bits per heavy atom. The van der Waals surface area contributed by atoms with Gasteiger partial charge in [0.25, 0.3) is 5.91 Å². The summed E-state index contributed by atoms with van der Waals surface area (Å²) in [5.74, 6) is 0.235. The first-order valence-corrected chi connectivity index (χ1v) is 10.1. The van der Waals surface area contributed by atoms with Crippen molar-refractivity contribution in [1.82, 2.24) is 19.8 Å². The van der Waals surface area contributed by atoms with Gasteiger partial charge >= 0.3 is 0 Å². The molecule has 162 valence electrons. The van der Waals surface area contributed by atoms with Crippen molar-refractivity contribution in [3.8, 4) is 11.3 Å². The predicted octanol–water partition coefficient (Wildman–Crippen LogP) is 3.61. The number of nitrogens with zero attached hydrogens (tertiary/aromatic N) is 4. The molecule has 4 aromatic rings. The molecule has 4 rings (SSSR count). The Bertz CT molecular complexity index is 1210. The maximum absolute atomic E-state index is 13.3. The molecule has 2 amide bonds. The van der Waals surface area contributed by atoms with Gasteiger partial charge in [0.1, 0.15) is 11.5 Å². The number of amides is 2. The molecule has 0 aliphatic rings. The van der Waals surface area contributed by atoms with Crippen LogP contribution in [0, 0.1) is 6.92 Å². The number of anilines is 1. The maximum Gasteiger partial charge on any atom is 0.257 e. The molecule has 0 aliphatic carbocycles. The molecule has 0 fully saturated rings. The van der Waals surface area contributed by atoms with Crippen LogP contribution in [-0.4, -0.2) is 45.2 Å². The van der Waals surface area contributed by atoms with E-state index in [9.17, 15) is 9.59 Å². The fourth-order valence-electron chi connectivity index (χ4n) is 3.34. The standard InChI is InChI=1S/C24H23N5O3/c1-17-13-21(27-32-17)25-22(30)16-28(2)24(31)20-15-29(14-18-9-5-3-6-10-18)26-23(20)19-11-7-4-8-12-19/h3-13,15H,14,16H2,1-2H3,(H,25,27,30). The van der Waals surface area contributed by atoms with Crippen LogP contribution in [-0.2, 0) is 11.3 Å². The molecule has 0 saturated heterocycles. The summed E-state index contributed by atoms with van der Waals surface area (Å²) in [6.45, 7) is 2.13. The van der Waals surface area contributed by atoms with E-state index >= 15 is 0 Å². The molecule has 0 atom stereocenters. The zero-order valence-electron chi connectivity index (χ0n) is 17.9. The van der Waals surface area contributed by atoms with Gasteiger partial charge in [-0.05, 0) is 12.5 Å². The van der Waals surface area contributed by atoms with Gasteiger partial charge in [0.05, 0.1) is 18.7 Å². The van der Waals surface area contributed by atoms with Gasteiger partial charge in [-0.15, -0.1) is 0 Å².